The lowest BCUT2D eigenvalue weighted by Gasteiger charge is -2.11. The number of aromatic nitrogens is 3. The fraction of sp³-hybridized carbons (Fsp3) is 0.200. The van der Waals surface area contributed by atoms with Crippen LogP contribution in [-0.2, 0) is 5.88 Å². The third-order valence-electron chi connectivity index (χ3n) is 3.33. The van der Waals surface area contributed by atoms with Gasteiger partial charge in [0.05, 0.1) is 23.7 Å². The van der Waals surface area contributed by atoms with Gasteiger partial charge >= 0.3 is 0 Å². The average Bonchev–Trinajstić information content (AvgIpc) is 2.88. The standard InChI is InChI=1S/C15H13Cl2N3O/c1-9-5-6-18-15-14(9)19-13(8-16)20(15)12-7-10(21-2)3-4-11(12)17/h3-7H,8H2,1-2H3. The van der Waals surface area contributed by atoms with Crippen LogP contribution in [0, 0.1) is 6.92 Å². The first-order chi connectivity index (χ1) is 10.2. The molecule has 0 atom stereocenters. The lowest BCUT2D eigenvalue weighted by molar-refractivity contribution is 0.414. The molecule has 0 amide bonds. The van der Waals surface area contributed by atoms with E-state index in [1.165, 1.54) is 0 Å². The van der Waals surface area contributed by atoms with Crippen LogP contribution >= 0.6 is 23.2 Å². The molecular formula is C15H13Cl2N3O. The molecule has 6 heteroatoms. The lowest BCUT2D eigenvalue weighted by atomic mass is 10.2. The van der Waals surface area contributed by atoms with E-state index in [0.29, 0.717) is 16.6 Å². The van der Waals surface area contributed by atoms with Gasteiger partial charge in [-0.05, 0) is 30.7 Å². The van der Waals surface area contributed by atoms with E-state index in [1.54, 1.807) is 19.4 Å². The van der Waals surface area contributed by atoms with E-state index in [0.717, 1.165) is 22.4 Å². The topological polar surface area (TPSA) is 39.9 Å². The van der Waals surface area contributed by atoms with Crippen LogP contribution in [0.2, 0.25) is 5.02 Å². The van der Waals surface area contributed by atoms with Crippen LogP contribution in [0.5, 0.6) is 5.75 Å². The zero-order chi connectivity index (χ0) is 15.0. The fourth-order valence-corrected chi connectivity index (χ4v) is 2.65. The minimum atomic E-state index is 0.267. The summed E-state index contributed by atoms with van der Waals surface area (Å²) < 4.78 is 7.15. The molecule has 2 heterocycles. The minimum Gasteiger partial charge on any atom is -0.497 e. The van der Waals surface area contributed by atoms with Gasteiger partial charge in [-0.2, -0.15) is 0 Å². The predicted molar refractivity (Wildman–Crippen MR) is 84.7 cm³/mol. The quantitative estimate of drug-likeness (QED) is 0.681. The monoisotopic (exact) mass is 321 g/mol. The third kappa shape index (κ3) is 2.34. The number of ether oxygens (including phenoxy) is 1. The number of rotatable bonds is 3. The smallest absolute Gasteiger partial charge is 0.165 e. The van der Waals surface area contributed by atoms with Gasteiger partial charge in [-0.1, -0.05) is 11.6 Å². The second-order valence-corrected chi connectivity index (χ2v) is 5.29. The molecule has 0 saturated carbocycles. The molecule has 0 aliphatic rings. The van der Waals surface area contributed by atoms with Crippen molar-refractivity contribution in [1.29, 1.82) is 0 Å². The molecule has 2 aromatic heterocycles. The van der Waals surface area contributed by atoms with Crippen LogP contribution in [0.25, 0.3) is 16.9 Å². The molecule has 1 aromatic carbocycles. The summed E-state index contributed by atoms with van der Waals surface area (Å²) in [6.07, 6.45) is 1.75. The highest BCUT2D eigenvalue weighted by Gasteiger charge is 2.16. The molecule has 4 nitrogen and oxygen atoms in total. The van der Waals surface area contributed by atoms with Crippen molar-refractivity contribution in [3.63, 3.8) is 0 Å². The largest absolute Gasteiger partial charge is 0.497 e. The van der Waals surface area contributed by atoms with Gasteiger partial charge in [-0.3, -0.25) is 4.57 Å². The number of hydrogen-bond acceptors (Lipinski definition) is 3. The Morgan fingerprint density at radius 3 is 2.81 bits per heavy atom. The second kappa shape index (κ2) is 5.54. The number of nitrogens with zero attached hydrogens (tertiary/aromatic N) is 3. The van der Waals surface area contributed by atoms with E-state index in [4.69, 9.17) is 27.9 Å². The van der Waals surface area contributed by atoms with E-state index < -0.39 is 0 Å². The minimum absolute atomic E-state index is 0.267. The van der Waals surface area contributed by atoms with Gasteiger partial charge in [0.15, 0.2) is 5.65 Å². The van der Waals surface area contributed by atoms with E-state index in [2.05, 4.69) is 9.97 Å². The Bertz CT molecular complexity index is 814. The molecule has 0 bridgehead atoms. The molecule has 0 radical (unpaired) electrons. The summed E-state index contributed by atoms with van der Waals surface area (Å²) >= 11 is 12.4. The maximum atomic E-state index is 6.34. The number of aryl methyl sites for hydroxylation is 1. The van der Waals surface area contributed by atoms with Crippen molar-refractivity contribution in [3.8, 4) is 11.4 Å². The van der Waals surface area contributed by atoms with E-state index >= 15 is 0 Å². The summed E-state index contributed by atoms with van der Waals surface area (Å²) in [7, 11) is 1.61. The fourth-order valence-electron chi connectivity index (χ4n) is 2.27. The summed E-state index contributed by atoms with van der Waals surface area (Å²) in [4.78, 5) is 9.00. The summed E-state index contributed by atoms with van der Waals surface area (Å²) in [5, 5.41) is 0.588. The average molecular weight is 322 g/mol. The van der Waals surface area contributed by atoms with Gasteiger partial charge in [0.2, 0.25) is 0 Å². The summed E-state index contributed by atoms with van der Waals surface area (Å²) in [6, 6.07) is 7.37. The number of imidazole rings is 1. The van der Waals surface area contributed by atoms with Crippen LogP contribution in [0.4, 0.5) is 0 Å². The molecule has 0 unspecified atom stereocenters. The molecule has 108 valence electrons. The van der Waals surface area contributed by atoms with Gasteiger partial charge in [-0.25, -0.2) is 9.97 Å². The van der Waals surface area contributed by atoms with Crippen molar-refractivity contribution in [2.75, 3.05) is 7.11 Å². The zero-order valence-corrected chi connectivity index (χ0v) is 13.1. The maximum Gasteiger partial charge on any atom is 0.165 e. The molecular weight excluding hydrogens is 309 g/mol. The highest BCUT2D eigenvalue weighted by Crippen LogP contribution is 2.30. The molecule has 0 N–H and O–H groups in total. The first kappa shape index (κ1) is 14.2. The SMILES string of the molecule is COc1ccc(Cl)c(-n2c(CCl)nc3c(C)ccnc32)c1. The predicted octanol–water partition coefficient (Wildman–Crippen LogP) is 4.13. The molecule has 0 aliphatic heterocycles. The number of alkyl halides is 1. The van der Waals surface area contributed by atoms with Crippen molar-refractivity contribution in [2.24, 2.45) is 0 Å². The molecule has 0 saturated heterocycles. The highest BCUT2D eigenvalue weighted by molar-refractivity contribution is 6.32. The first-order valence-electron chi connectivity index (χ1n) is 6.38. The number of benzene rings is 1. The van der Waals surface area contributed by atoms with E-state index in [-0.39, 0.29) is 5.88 Å². The van der Waals surface area contributed by atoms with Crippen molar-refractivity contribution < 1.29 is 4.74 Å². The molecule has 3 rings (SSSR count). The molecule has 0 spiro atoms. The Labute approximate surface area is 132 Å². The van der Waals surface area contributed by atoms with Crippen LogP contribution in [0.15, 0.2) is 30.5 Å². The Balaban J connectivity index is 2.36. The van der Waals surface area contributed by atoms with Crippen LogP contribution in [0.1, 0.15) is 11.4 Å². The highest BCUT2D eigenvalue weighted by atomic mass is 35.5. The van der Waals surface area contributed by atoms with Gasteiger partial charge in [-0.15, -0.1) is 11.6 Å². The number of fused-ring (bicyclic) bond motifs is 1. The maximum absolute atomic E-state index is 6.34. The molecule has 3 aromatic rings. The van der Waals surface area contributed by atoms with Crippen LogP contribution < -0.4 is 4.74 Å². The van der Waals surface area contributed by atoms with Gasteiger partial charge in [0.25, 0.3) is 0 Å². The summed E-state index contributed by atoms with van der Waals surface area (Å²) in [5.41, 5.74) is 3.37. The summed E-state index contributed by atoms with van der Waals surface area (Å²) in [6.45, 7) is 1.99. The Hall–Kier alpha value is -1.78. The number of hydrogen-bond donors (Lipinski definition) is 0. The molecule has 0 aliphatic carbocycles. The van der Waals surface area contributed by atoms with Crippen molar-refractivity contribution in [3.05, 3.63) is 46.9 Å². The lowest BCUT2D eigenvalue weighted by Crippen LogP contribution is -2.01. The zero-order valence-electron chi connectivity index (χ0n) is 11.6. The van der Waals surface area contributed by atoms with Gasteiger partial charge in [0.1, 0.15) is 17.1 Å². The Kier molecular flexibility index (Phi) is 3.74. The van der Waals surface area contributed by atoms with E-state index in [1.807, 2.05) is 29.7 Å². The van der Waals surface area contributed by atoms with Crippen molar-refractivity contribution in [1.82, 2.24) is 14.5 Å². The molecule has 0 fully saturated rings. The van der Waals surface area contributed by atoms with Crippen molar-refractivity contribution >= 4 is 34.4 Å². The Morgan fingerprint density at radius 1 is 1.29 bits per heavy atom. The first-order valence-corrected chi connectivity index (χ1v) is 7.29. The normalized spacial score (nSPS) is 11.0. The number of methoxy groups -OCH3 is 1. The van der Waals surface area contributed by atoms with E-state index in [9.17, 15) is 0 Å². The number of pyridine rings is 1. The van der Waals surface area contributed by atoms with Gasteiger partial charge < -0.3 is 4.74 Å². The molecule has 21 heavy (non-hydrogen) atoms. The van der Waals surface area contributed by atoms with Crippen molar-refractivity contribution in [2.45, 2.75) is 12.8 Å². The number of halogens is 2. The Morgan fingerprint density at radius 2 is 2.10 bits per heavy atom. The second-order valence-electron chi connectivity index (χ2n) is 4.61. The van der Waals surface area contributed by atoms with Crippen LogP contribution in [0.3, 0.4) is 0 Å². The third-order valence-corrected chi connectivity index (χ3v) is 3.89. The van der Waals surface area contributed by atoms with Crippen LogP contribution in [-0.4, -0.2) is 21.6 Å². The van der Waals surface area contributed by atoms with Gasteiger partial charge in [0, 0.05) is 12.3 Å². The summed E-state index contributed by atoms with van der Waals surface area (Å²) in [5.74, 6) is 1.68.